The van der Waals surface area contributed by atoms with Crippen molar-refractivity contribution in [1.29, 1.82) is 0 Å². The van der Waals surface area contributed by atoms with Crippen LogP contribution in [0.4, 0.5) is 0 Å². The Bertz CT molecular complexity index is 805. The van der Waals surface area contributed by atoms with Crippen LogP contribution in [0.2, 0.25) is 0 Å². The molecule has 0 N–H and O–H groups in total. The standard InChI is InChI=1S/C23H36N4O3/c1-6-26-12-9-23(21(26)29)15-25(13-16(2)3)14-22(23)7-10-27(11-8-22)20(28)19-17(4)24-30-18(19)5/h16H,6-15H2,1-5H3. The molecule has 166 valence electrons. The van der Waals surface area contributed by atoms with Gasteiger partial charge in [0.05, 0.1) is 11.1 Å². The maximum Gasteiger partial charge on any atom is 0.259 e. The lowest BCUT2D eigenvalue weighted by atomic mass is 9.60. The number of rotatable bonds is 4. The molecular weight excluding hydrogens is 380 g/mol. The zero-order valence-corrected chi connectivity index (χ0v) is 19.2. The van der Waals surface area contributed by atoms with Crippen LogP contribution in [0.5, 0.6) is 0 Å². The van der Waals surface area contributed by atoms with E-state index in [-0.39, 0.29) is 16.7 Å². The Labute approximate surface area is 179 Å². The molecule has 0 saturated carbocycles. The molecule has 4 rings (SSSR count). The van der Waals surface area contributed by atoms with E-state index >= 15 is 0 Å². The molecule has 3 saturated heterocycles. The number of hydrogen-bond donors (Lipinski definition) is 0. The molecule has 7 nitrogen and oxygen atoms in total. The van der Waals surface area contributed by atoms with Crippen LogP contribution in [0, 0.1) is 30.6 Å². The van der Waals surface area contributed by atoms with Gasteiger partial charge in [-0.05, 0) is 46.0 Å². The Balaban J connectivity index is 1.57. The van der Waals surface area contributed by atoms with Gasteiger partial charge >= 0.3 is 0 Å². The quantitative estimate of drug-likeness (QED) is 0.755. The van der Waals surface area contributed by atoms with Gasteiger partial charge in [-0.2, -0.15) is 0 Å². The fourth-order valence-electron chi connectivity index (χ4n) is 6.33. The molecule has 1 atom stereocenters. The summed E-state index contributed by atoms with van der Waals surface area (Å²) < 4.78 is 5.21. The maximum absolute atomic E-state index is 13.6. The molecule has 4 heterocycles. The lowest BCUT2D eigenvalue weighted by Crippen LogP contribution is -2.53. The number of piperidine rings is 1. The van der Waals surface area contributed by atoms with E-state index in [1.807, 2.05) is 16.7 Å². The van der Waals surface area contributed by atoms with Crippen molar-refractivity contribution >= 4 is 11.8 Å². The van der Waals surface area contributed by atoms with Gasteiger partial charge in [-0.3, -0.25) is 9.59 Å². The Morgan fingerprint density at radius 1 is 1.13 bits per heavy atom. The van der Waals surface area contributed by atoms with Crippen molar-refractivity contribution in [2.24, 2.45) is 16.7 Å². The second kappa shape index (κ2) is 7.66. The van der Waals surface area contributed by atoms with E-state index in [0.29, 0.717) is 41.9 Å². The summed E-state index contributed by atoms with van der Waals surface area (Å²) in [7, 11) is 0. The summed E-state index contributed by atoms with van der Waals surface area (Å²) in [4.78, 5) is 33.2. The van der Waals surface area contributed by atoms with Gasteiger partial charge in [0.25, 0.3) is 5.91 Å². The maximum atomic E-state index is 13.6. The molecule has 2 amide bonds. The molecule has 0 bridgehead atoms. The van der Waals surface area contributed by atoms with Gasteiger partial charge in [0, 0.05) is 51.2 Å². The smallest absolute Gasteiger partial charge is 0.259 e. The number of fused-ring (bicyclic) bond motifs is 1. The van der Waals surface area contributed by atoms with Gasteiger partial charge in [-0.1, -0.05) is 19.0 Å². The van der Waals surface area contributed by atoms with E-state index < -0.39 is 0 Å². The normalized spacial score (nSPS) is 26.7. The van der Waals surface area contributed by atoms with Crippen LogP contribution < -0.4 is 0 Å². The molecule has 30 heavy (non-hydrogen) atoms. The van der Waals surface area contributed by atoms with E-state index in [9.17, 15) is 9.59 Å². The largest absolute Gasteiger partial charge is 0.361 e. The summed E-state index contributed by atoms with van der Waals surface area (Å²) in [6.07, 6.45) is 2.73. The fourth-order valence-corrected chi connectivity index (χ4v) is 6.33. The summed E-state index contributed by atoms with van der Waals surface area (Å²) >= 11 is 0. The number of hydrogen-bond acceptors (Lipinski definition) is 5. The Kier molecular flexibility index (Phi) is 5.45. The molecule has 0 radical (unpaired) electrons. The third-order valence-electron chi connectivity index (χ3n) is 7.80. The third-order valence-corrected chi connectivity index (χ3v) is 7.80. The molecule has 3 aliphatic heterocycles. The predicted molar refractivity (Wildman–Crippen MR) is 114 cm³/mol. The number of nitrogens with zero attached hydrogens (tertiary/aromatic N) is 4. The van der Waals surface area contributed by atoms with Crippen molar-refractivity contribution in [3.05, 3.63) is 17.0 Å². The van der Waals surface area contributed by atoms with Gasteiger partial charge in [-0.25, -0.2) is 0 Å². The van der Waals surface area contributed by atoms with Gasteiger partial charge in [0.2, 0.25) is 5.91 Å². The van der Waals surface area contributed by atoms with Crippen LogP contribution in [0.15, 0.2) is 4.52 Å². The number of aryl methyl sites for hydroxylation is 2. The van der Waals surface area contributed by atoms with Crippen molar-refractivity contribution in [2.75, 3.05) is 45.8 Å². The highest BCUT2D eigenvalue weighted by molar-refractivity contribution is 5.96. The SMILES string of the molecule is CCN1CCC2(CN(CC(C)C)CC23CCN(C(=O)c2c(C)noc2C)CC3)C1=O. The van der Waals surface area contributed by atoms with Crippen LogP contribution in [0.25, 0.3) is 0 Å². The van der Waals surface area contributed by atoms with Gasteiger partial charge in [-0.15, -0.1) is 0 Å². The fraction of sp³-hybridized carbons (Fsp3) is 0.783. The minimum absolute atomic E-state index is 0.0140. The van der Waals surface area contributed by atoms with E-state index in [1.54, 1.807) is 6.92 Å². The first kappa shape index (κ1) is 21.3. The van der Waals surface area contributed by atoms with Crippen LogP contribution in [0.3, 0.4) is 0 Å². The molecule has 1 unspecified atom stereocenters. The summed E-state index contributed by atoms with van der Waals surface area (Å²) in [5, 5.41) is 3.95. The van der Waals surface area contributed by atoms with E-state index in [0.717, 1.165) is 52.0 Å². The molecule has 3 aliphatic rings. The lowest BCUT2D eigenvalue weighted by Gasteiger charge is -2.47. The Morgan fingerprint density at radius 2 is 1.83 bits per heavy atom. The molecular formula is C23H36N4O3. The van der Waals surface area contributed by atoms with E-state index in [4.69, 9.17) is 4.52 Å². The second-order valence-electron chi connectivity index (χ2n) is 10.1. The first-order valence-corrected chi connectivity index (χ1v) is 11.5. The number of likely N-dealkylation sites (tertiary alicyclic amines) is 3. The van der Waals surface area contributed by atoms with Crippen molar-refractivity contribution in [3.8, 4) is 0 Å². The zero-order chi connectivity index (χ0) is 21.7. The first-order valence-electron chi connectivity index (χ1n) is 11.5. The van der Waals surface area contributed by atoms with E-state index in [2.05, 4.69) is 30.8 Å². The second-order valence-corrected chi connectivity index (χ2v) is 10.1. The highest BCUT2D eigenvalue weighted by Gasteiger charge is 2.65. The minimum Gasteiger partial charge on any atom is -0.361 e. The molecule has 3 fully saturated rings. The minimum atomic E-state index is -0.282. The molecule has 0 aliphatic carbocycles. The lowest BCUT2D eigenvalue weighted by molar-refractivity contribution is -0.141. The van der Waals surface area contributed by atoms with Gasteiger partial charge in [0.15, 0.2) is 0 Å². The number of carbonyl (C=O) groups excluding carboxylic acids is 2. The van der Waals surface area contributed by atoms with E-state index in [1.165, 1.54) is 0 Å². The monoisotopic (exact) mass is 416 g/mol. The summed E-state index contributed by atoms with van der Waals surface area (Å²) in [5.41, 5.74) is 0.944. The summed E-state index contributed by atoms with van der Waals surface area (Å²) in [5.74, 6) is 1.53. The van der Waals surface area contributed by atoms with Crippen LogP contribution in [-0.4, -0.2) is 77.5 Å². The van der Waals surface area contributed by atoms with Crippen molar-refractivity contribution in [2.45, 2.75) is 53.9 Å². The van der Waals surface area contributed by atoms with Crippen molar-refractivity contribution < 1.29 is 14.1 Å². The average molecular weight is 417 g/mol. The molecule has 7 heteroatoms. The summed E-state index contributed by atoms with van der Waals surface area (Å²) in [6, 6.07) is 0. The third kappa shape index (κ3) is 3.17. The molecule has 2 spiro atoms. The van der Waals surface area contributed by atoms with Crippen LogP contribution >= 0.6 is 0 Å². The van der Waals surface area contributed by atoms with Gasteiger partial charge < -0.3 is 19.2 Å². The number of amides is 2. The van der Waals surface area contributed by atoms with Crippen molar-refractivity contribution in [1.82, 2.24) is 19.9 Å². The Hall–Kier alpha value is -1.89. The summed E-state index contributed by atoms with van der Waals surface area (Å²) in [6.45, 7) is 16.1. The number of aromatic nitrogens is 1. The average Bonchev–Trinajstić information content (AvgIpc) is 3.30. The topological polar surface area (TPSA) is 69.9 Å². The molecule has 0 aromatic carbocycles. The zero-order valence-electron chi connectivity index (χ0n) is 19.2. The predicted octanol–water partition coefficient (Wildman–Crippen LogP) is 2.72. The Morgan fingerprint density at radius 3 is 2.37 bits per heavy atom. The van der Waals surface area contributed by atoms with Crippen molar-refractivity contribution in [3.63, 3.8) is 0 Å². The highest BCUT2D eigenvalue weighted by atomic mass is 16.5. The van der Waals surface area contributed by atoms with Gasteiger partial charge in [0.1, 0.15) is 11.3 Å². The molecule has 1 aromatic rings. The van der Waals surface area contributed by atoms with Crippen LogP contribution in [-0.2, 0) is 4.79 Å². The molecule has 1 aromatic heterocycles. The van der Waals surface area contributed by atoms with Crippen LogP contribution in [0.1, 0.15) is 61.8 Å². The first-order chi connectivity index (χ1) is 14.2. The highest BCUT2D eigenvalue weighted by Crippen LogP contribution is 2.58. The number of carbonyl (C=O) groups is 2.